The molecule has 1 aromatic carbocycles. The monoisotopic (exact) mass is 213 g/mol. The van der Waals surface area contributed by atoms with Gasteiger partial charge in [-0.2, -0.15) is 0 Å². The van der Waals surface area contributed by atoms with Gasteiger partial charge in [0.25, 0.3) is 0 Å². The van der Waals surface area contributed by atoms with Crippen molar-refractivity contribution in [3.05, 3.63) is 29.3 Å². The van der Waals surface area contributed by atoms with Gasteiger partial charge in [0.2, 0.25) is 0 Å². The van der Waals surface area contributed by atoms with Crippen molar-refractivity contribution in [2.75, 3.05) is 11.0 Å². The van der Waals surface area contributed by atoms with Gasteiger partial charge in [-0.1, -0.05) is 6.07 Å². The second-order valence-corrected chi connectivity index (χ2v) is 4.00. The first-order valence-electron chi connectivity index (χ1n) is 3.94. The summed E-state index contributed by atoms with van der Waals surface area (Å²) in [4.78, 5) is 10.8. The molecule has 0 amide bonds. The highest BCUT2D eigenvalue weighted by Gasteiger charge is 2.07. The largest absolute Gasteiger partial charge is 0.478 e. The average Bonchev–Trinajstić information content (AvgIpc) is 2.07. The molecule has 0 saturated heterocycles. The van der Waals surface area contributed by atoms with Crippen molar-refractivity contribution < 1.29 is 14.1 Å². The van der Waals surface area contributed by atoms with Crippen molar-refractivity contribution in [3.63, 3.8) is 0 Å². The van der Waals surface area contributed by atoms with E-state index in [-0.39, 0.29) is 5.56 Å². The highest BCUT2D eigenvalue weighted by molar-refractivity contribution is 7.85. The summed E-state index contributed by atoms with van der Waals surface area (Å²) in [5.41, 5.74) is 1.46. The first-order chi connectivity index (χ1) is 6.50. The van der Waals surface area contributed by atoms with Crippen molar-refractivity contribution in [2.24, 2.45) is 0 Å². The molecule has 0 fully saturated rings. The Kier molecular flexibility index (Phi) is 3.24. The van der Waals surface area contributed by atoms with Gasteiger partial charge in [-0.3, -0.25) is 0 Å². The lowest BCUT2D eigenvalue weighted by atomic mass is 10.1. The summed E-state index contributed by atoms with van der Waals surface area (Å²) < 4.78 is 13.5. The van der Waals surface area contributed by atoms with Gasteiger partial charge in [0.05, 0.1) is 5.56 Å². The zero-order valence-corrected chi connectivity index (χ0v) is 8.72. The fourth-order valence-electron chi connectivity index (χ4n) is 1.08. The molecule has 0 aromatic heterocycles. The third-order valence-corrected chi connectivity index (χ3v) is 2.25. The van der Waals surface area contributed by atoms with Gasteiger partial charge in [-0.25, -0.2) is 9.00 Å². The van der Waals surface area contributed by atoms with Crippen molar-refractivity contribution in [2.45, 2.75) is 6.92 Å². The fraction of sp³-hybridized carbons (Fsp3) is 0.222. The summed E-state index contributed by atoms with van der Waals surface area (Å²) in [7, 11) is -1.19. The Bertz CT molecular complexity index is 390. The molecule has 76 valence electrons. The smallest absolute Gasteiger partial charge is 0.336 e. The minimum atomic E-state index is -1.19. The van der Waals surface area contributed by atoms with E-state index in [9.17, 15) is 9.00 Å². The van der Waals surface area contributed by atoms with Crippen LogP contribution >= 0.6 is 0 Å². The van der Waals surface area contributed by atoms with Crippen LogP contribution in [0.2, 0.25) is 0 Å². The molecule has 0 saturated carbocycles. The number of nitrogens with one attached hydrogen (secondary N) is 1. The zero-order chi connectivity index (χ0) is 10.7. The van der Waals surface area contributed by atoms with E-state index >= 15 is 0 Å². The van der Waals surface area contributed by atoms with Crippen LogP contribution in [-0.4, -0.2) is 21.5 Å². The summed E-state index contributed by atoms with van der Waals surface area (Å²) in [5, 5.41) is 8.82. The first kappa shape index (κ1) is 10.7. The van der Waals surface area contributed by atoms with Gasteiger partial charge in [0.1, 0.15) is 11.0 Å². The minimum absolute atomic E-state index is 0.223. The molecule has 1 unspecified atom stereocenters. The number of rotatable bonds is 3. The molecule has 0 aliphatic rings. The van der Waals surface area contributed by atoms with Crippen molar-refractivity contribution in [1.82, 2.24) is 0 Å². The number of carboxylic acid groups (broad SMARTS) is 1. The molecular formula is C9H11NO3S. The highest BCUT2D eigenvalue weighted by Crippen LogP contribution is 2.15. The van der Waals surface area contributed by atoms with Crippen LogP contribution in [0.1, 0.15) is 15.9 Å². The maximum atomic E-state index is 10.8. The second-order valence-electron chi connectivity index (χ2n) is 2.89. The van der Waals surface area contributed by atoms with Gasteiger partial charge in [0.15, 0.2) is 0 Å². The van der Waals surface area contributed by atoms with Crippen LogP contribution in [0.15, 0.2) is 18.2 Å². The SMILES string of the molecule is Cc1ccc(NS(C)=O)cc1C(=O)O. The van der Waals surface area contributed by atoms with Crippen molar-refractivity contribution in [1.29, 1.82) is 0 Å². The zero-order valence-electron chi connectivity index (χ0n) is 7.90. The molecule has 5 heteroatoms. The van der Waals surface area contributed by atoms with E-state index in [1.807, 2.05) is 0 Å². The molecule has 0 spiro atoms. The molecule has 4 nitrogen and oxygen atoms in total. The number of benzene rings is 1. The lowest BCUT2D eigenvalue weighted by Gasteiger charge is -2.05. The number of carbonyl (C=O) groups is 1. The van der Waals surface area contributed by atoms with Gasteiger partial charge >= 0.3 is 5.97 Å². The molecule has 0 aliphatic heterocycles. The normalized spacial score (nSPS) is 12.1. The molecular weight excluding hydrogens is 202 g/mol. The summed E-state index contributed by atoms with van der Waals surface area (Å²) in [5.74, 6) is -0.979. The van der Waals surface area contributed by atoms with Gasteiger partial charge < -0.3 is 9.83 Å². The van der Waals surface area contributed by atoms with Gasteiger partial charge in [0, 0.05) is 11.9 Å². The Hall–Kier alpha value is -1.36. The first-order valence-corrected chi connectivity index (χ1v) is 5.50. The van der Waals surface area contributed by atoms with E-state index in [1.54, 1.807) is 19.1 Å². The van der Waals surface area contributed by atoms with Crippen LogP contribution < -0.4 is 4.72 Å². The van der Waals surface area contributed by atoms with Crippen LogP contribution in [0, 0.1) is 6.92 Å². The maximum absolute atomic E-state index is 10.8. The highest BCUT2D eigenvalue weighted by atomic mass is 32.2. The number of aryl methyl sites for hydroxylation is 1. The van der Waals surface area contributed by atoms with Crippen molar-refractivity contribution >= 4 is 22.6 Å². The Morgan fingerprint density at radius 1 is 1.50 bits per heavy atom. The molecule has 0 heterocycles. The molecule has 0 bridgehead atoms. The Balaban J connectivity index is 3.06. The van der Waals surface area contributed by atoms with Crippen LogP contribution in [0.3, 0.4) is 0 Å². The topological polar surface area (TPSA) is 66.4 Å². The third kappa shape index (κ3) is 2.56. The fourth-order valence-corrected chi connectivity index (χ4v) is 1.54. The standard InChI is InChI=1S/C9H11NO3S/c1-6-3-4-7(10-14(2)13)5-8(6)9(11)12/h3-5,10H,1-2H3,(H,11,12). The predicted octanol–water partition coefficient (Wildman–Crippen LogP) is 1.40. The summed E-state index contributed by atoms with van der Waals surface area (Å²) >= 11 is 0. The predicted molar refractivity (Wildman–Crippen MR) is 55.8 cm³/mol. The molecule has 1 aromatic rings. The Morgan fingerprint density at radius 2 is 2.14 bits per heavy atom. The van der Waals surface area contributed by atoms with Gasteiger partial charge in [-0.15, -0.1) is 0 Å². The van der Waals surface area contributed by atoms with Crippen LogP contribution in [0.4, 0.5) is 5.69 Å². The van der Waals surface area contributed by atoms with E-state index in [0.29, 0.717) is 11.3 Å². The summed E-state index contributed by atoms with van der Waals surface area (Å²) in [6, 6.07) is 4.85. The molecule has 1 rings (SSSR count). The van der Waals surface area contributed by atoms with E-state index in [4.69, 9.17) is 5.11 Å². The molecule has 2 N–H and O–H groups in total. The minimum Gasteiger partial charge on any atom is -0.478 e. The molecule has 0 radical (unpaired) electrons. The lowest BCUT2D eigenvalue weighted by Crippen LogP contribution is -2.04. The number of anilines is 1. The number of hydrogen-bond acceptors (Lipinski definition) is 2. The van der Waals surface area contributed by atoms with E-state index in [1.165, 1.54) is 12.3 Å². The second kappa shape index (κ2) is 4.23. The lowest BCUT2D eigenvalue weighted by molar-refractivity contribution is 0.0696. The van der Waals surface area contributed by atoms with Crippen LogP contribution in [-0.2, 0) is 11.0 Å². The molecule has 1 atom stereocenters. The summed E-state index contributed by atoms with van der Waals surface area (Å²) in [6.45, 7) is 1.72. The number of aromatic carboxylic acids is 1. The number of carboxylic acids is 1. The van der Waals surface area contributed by atoms with E-state index in [0.717, 1.165) is 0 Å². The number of hydrogen-bond donors (Lipinski definition) is 2. The third-order valence-electron chi connectivity index (χ3n) is 1.73. The quantitative estimate of drug-likeness (QED) is 0.797. The van der Waals surface area contributed by atoms with E-state index < -0.39 is 17.0 Å². The summed E-state index contributed by atoms with van der Waals surface area (Å²) in [6.07, 6.45) is 1.49. The van der Waals surface area contributed by atoms with Crippen LogP contribution in [0.5, 0.6) is 0 Å². The van der Waals surface area contributed by atoms with Gasteiger partial charge in [-0.05, 0) is 24.6 Å². The van der Waals surface area contributed by atoms with Crippen molar-refractivity contribution in [3.8, 4) is 0 Å². The average molecular weight is 213 g/mol. The Morgan fingerprint density at radius 3 is 2.64 bits per heavy atom. The molecule has 0 aliphatic carbocycles. The Labute approximate surface area is 84.5 Å². The molecule has 14 heavy (non-hydrogen) atoms. The van der Waals surface area contributed by atoms with E-state index in [2.05, 4.69) is 4.72 Å². The maximum Gasteiger partial charge on any atom is 0.336 e. The van der Waals surface area contributed by atoms with Crippen LogP contribution in [0.25, 0.3) is 0 Å².